The largest absolute Gasteiger partial charge is 0.361 e. The Bertz CT molecular complexity index is 587. The van der Waals surface area contributed by atoms with Crippen LogP contribution in [-0.4, -0.2) is 31.3 Å². The van der Waals surface area contributed by atoms with Gasteiger partial charge in [-0.2, -0.15) is 0 Å². The van der Waals surface area contributed by atoms with Gasteiger partial charge in [-0.25, -0.2) is 4.98 Å². The molecule has 1 heterocycles. The SMILES string of the molecule is CNc1nc2ccc(C)cc2n1COCC[Si](C)(C)C. The Morgan fingerprint density at radius 3 is 2.70 bits per heavy atom. The molecule has 4 nitrogen and oxygen atoms in total. The molecule has 1 aromatic heterocycles. The maximum Gasteiger partial charge on any atom is 0.205 e. The van der Waals surface area contributed by atoms with E-state index in [2.05, 4.69) is 59.6 Å². The highest BCUT2D eigenvalue weighted by Crippen LogP contribution is 2.21. The molecule has 110 valence electrons. The van der Waals surface area contributed by atoms with Gasteiger partial charge in [0.2, 0.25) is 5.95 Å². The number of hydrogen-bond acceptors (Lipinski definition) is 3. The topological polar surface area (TPSA) is 39.1 Å². The van der Waals surface area contributed by atoms with Crippen molar-refractivity contribution in [2.45, 2.75) is 39.3 Å². The van der Waals surface area contributed by atoms with Gasteiger partial charge in [0.05, 0.1) is 11.0 Å². The minimum atomic E-state index is -1.03. The van der Waals surface area contributed by atoms with Crippen molar-refractivity contribution in [3.63, 3.8) is 0 Å². The molecule has 0 radical (unpaired) electrons. The predicted molar refractivity (Wildman–Crippen MR) is 88.1 cm³/mol. The molecule has 0 atom stereocenters. The molecule has 5 heteroatoms. The maximum atomic E-state index is 5.86. The van der Waals surface area contributed by atoms with E-state index < -0.39 is 8.07 Å². The lowest BCUT2D eigenvalue weighted by Crippen LogP contribution is -2.22. The van der Waals surface area contributed by atoms with E-state index in [0.29, 0.717) is 6.73 Å². The van der Waals surface area contributed by atoms with Crippen LogP contribution in [0.15, 0.2) is 18.2 Å². The van der Waals surface area contributed by atoms with Crippen LogP contribution >= 0.6 is 0 Å². The summed E-state index contributed by atoms with van der Waals surface area (Å²) in [4.78, 5) is 4.58. The number of hydrogen-bond donors (Lipinski definition) is 1. The molecule has 0 bridgehead atoms. The average molecular weight is 291 g/mol. The Balaban J connectivity index is 2.13. The average Bonchev–Trinajstić information content (AvgIpc) is 2.71. The highest BCUT2D eigenvalue weighted by Gasteiger charge is 2.13. The van der Waals surface area contributed by atoms with Crippen molar-refractivity contribution in [1.82, 2.24) is 9.55 Å². The summed E-state index contributed by atoms with van der Waals surface area (Å²) >= 11 is 0. The van der Waals surface area contributed by atoms with Crippen molar-refractivity contribution in [3.8, 4) is 0 Å². The summed E-state index contributed by atoms with van der Waals surface area (Å²) in [7, 11) is 0.866. The van der Waals surface area contributed by atoms with Crippen LogP contribution < -0.4 is 5.32 Å². The third-order valence-electron chi connectivity index (χ3n) is 3.34. The summed E-state index contributed by atoms with van der Waals surface area (Å²) in [6.07, 6.45) is 0. The molecule has 2 aromatic rings. The zero-order valence-corrected chi connectivity index (χ0v) is 14.2. The van der Waals surface area contributed by atoms with Crippen LogP contribution in [0.2, 0.25) is 25.7 Å². The monoisotopic (exact) mass is 291 g/mol. The number of aromatic nitrogens is 2. The van der Waals surface area contributed by atoms with E-state index in [1.807, 2.05) is 7.05 Å². The van der Waals surface area contributed by atoms with Crippen LogP contribution in [0.25, 0.3) is 11.0 Å². The number of anilines is 1. The van der Waals surface area contributed by atoms with Gasteiger partial charge in [-0.15, -0.1) is 0 Å². The molecule has 0 amide bonds. The predicted octanol–water partition coefficient (Wildman–Crippen LogP) is 3.70. The first-order valence-electron chi connectivity index (χ1n) is 7.13. The lowest BCUT2D eigenvalue weighted by molar-refractivity contribution is 0.0912. The molecular formula is C15H25N3OSi. The summed E-state index contributed by atoms with van der Waals surface area (Å²) in [5, 5.41) is 3.14. The van der Waals surface area contributed by atoms with E-state index in [1.165, 1.54) is 11.6 Å². The summed E-state index contributed by atoms with van der Waals surface area (Å²) in [6.45, 7) is 10.6. The minimum Gasteiger partial charge on any atom is -0.361 e. The second kappa shape index (κ2) is 5.97. The summed E-state index contributed by atoms with van der Waals surface area (Å²) < 4.78 is 7.97. The molecule has 1 N–H and O–H groups in total. The van der Waals surface area contributed by atoms with Crippen molar-refractivity contribution in [3.05, 3.63) is 23.8 Å². The summed E-state index contributed by atoms with van der Waals surface area (Å²) in [5.41, 5.74) is 3.37. The Morgan fingerprint density at radius 1 is 1.30 bits per heavy atom. The number of aryl methyl sites for hydroxylation is 1. The number of benzene rings is 1. The number of rotatable bonds is 6. The molecule has 0 aliphatic heterocycles. The van der Waals surface area contributed by atoms with Crippen molar-refractivity contribution < 1.29 is 4.74 Å². The molecule has 0 unspecified atom stereocenters. The lowest BCUT2D eigenvalue weighted by Gasteiger charge is -2.16. The molecule has 0 fully saturated rings. The van der Waals surface area contributed by atoms with Gasteiger partial charge < -0.3 is 10.1 Å². The standard InChI is InChI=1S/C15H25N3OSi/c1-12-6-7-13-14(10-12)18(15(16-2)17-13)11-19-8-9-20(3,4)5/h6-7,10H,8-9,11H2,1-5H3,(H,16,17). The molecule has 0 saturated heterocycles. The highest BCUT2D eigenvalue weighted by molar-refractivity contribution is 6.76. The fourth-order valence-electron chi connectivity index (χ4n) is 2.09. The quantitative estimate of drug-likeness (QED) is 0.651. The highest BCUT2D eigenvalue weighted by atomic mass is 28.3. The fraction of sp³-hybridized carbons (Fsp3) is 0.533. The third kappa shape index (κ3) is 3.61. The molecular weight excluding hydrogens is 266 g/mol. The van der Waals surface area contributed by atoms with E-state index in [0.717, 1.165) is 23.6 Å². The van der Waals surface area contributed by atoms with E-state index in [4.69, 9.17) is 4.74 Å². The number of nitrogens with one attached hydrogen (secondary N) is 1. The molecule has 20 heavy (non-hydrogen) atoms. The van der Waals surface area contributed by atoms with E-state index >= 15 is 0 Å². The van der Waals surface area contributed by atoms with Crippen LogP contribution in [0.5, 0.6) is 0 Å². The number of nitrogens with zero attached hydrogens (tertiary/aromatic N) is 2. The zero-order valence-electron chi connectivity index (χ0n) is 13.2. The van der Waals surface area contributed by atoms with E-state index in [9.17, 15) is 0 Å². The smallest absolute Gasteiger partial charge is 0.205 e. The van der Waals surface area contributed by atoms with Gasteiger partial charge in [0.1, 0.15) is 6.73 Å². The second-order valence-electron chi connectivity index (χ2n) is 6.45. The van der Waals surface area contributed by atoms with Crippen LogP contribution in [0.1, 0.15) is 5.56 Å². The van der Waals surface area contributed by atoms with Crippen LogP contribution in [0, 0.1) is 6.92 Å². The van der Waals surface area contributed by atoms with E-state index in [1.54, 1.807) is 0 Å². The van der Waals surface area contributed by atoms with Gasteiger partial charge >= 0.3 is 0 Å². The Morgan fingerprint density at radius 2 is 2.05 bits per heavy atom. The van der Waals surface area contributed by atoms with Crippen molar-refractivity contribution >= 4 is 25.1 Å². The molecule has 0 saturated carbocycles. The summed E-state index contributed by atoms with van der Waals surface area (Å²) in [5.74, 6) is 0.860. The Kier molecular flexibility index (Phi) is 4.50. The molecule has 1 aromatic carbocycles. The first-order valence-corrected chi connectivity index (χ1v) is 10.8. The second-order valence-corrected chi connectivity index (χ2v) is 12.1. The number of ether oxygens (including phenoxy) is 1. The number of imidazole rings is 1. The maximum absolute atomic E-state index is 5.86. The lowest BCUT2D eigenvalue weighted by atomic mass is 10.2. The minimum absolute atomic E-state index is 0.556. The zero-order chi connectivity index (χ0) is 14.8. The van der Waals surface area contributed by atoms with Gasteiger partial charge in [0.15, 0.2) is 0 Å². The Labute approximate surface area is 122 Å². The van der Waals surface area contributed by atoms with Crippen molar-refractivity contribution in [2.24, 2.45) is 0 Å². The Hall–Kier alpha value is -1.33. The summed E-state index contributed by atoms with van der Waals surface area (Å²) in [6, 6.07) is 7.49. The molecule has 0 aliphatic rings. The van der Waals surface area contributed by atoms with Gasteiger partial charge in [0, 0.05) is 21.7 Å². The van der Waals surface area contributed by atoms with Crippen molar-refractivity contribution in [2.75, 3.05) is 19.0 Å². The van der Waals surface area contributed by atoms with Gasteiger partial charge in [-0.05, 0) is 30.7 Å². The number of fused-ring (bicyclic) bond motifs is 1. The van der Waals surface area contributed by atoms with Gasteiger partial charge in [-0.1, -0.05) is 25.7 Å². The molecule has 2 rings (SSSR count). The molecule has 0 aliphatic carbocycles. The van der Waals surface area contributed by atoms with Crippen LogP contribution in [0.3, 0.4) is 0 Å². The first-order chi connectivity index (χ1) is 9.40. The van der Waals surface area contributed by atoms with Gasteiger partial charge in [0.25, 0.3) is 0 Å². The normalized spacial score (nSPS) is 12.1. The van der Waals surface area contributed by atoms with Gasteiger partial charge in [-0.3, -0.25) is 4.57 Å². The van der Waals surface area contributed by atoms with E-state index in [-0.39, 0.29) is 0 Å². The molecule has 0 spiro atoms. The van der Waals surface area contributed by atoms with Crippen LogP contribution in [-0.2, 0) is 11.5 Å². The third-order valence-corrected chi connectivity index (χ3v) is 5.05. The fourth-order valence-corrected chi connectivity index (χ4v) is 2.85. The first kappa shape index (κ1) is 15.1. The van der Waals surface area contributed by atoms with Crippen LogP contribution in [0.4, 0.5) is 5.95 Å². The van der Waals surface area contributed by atoms with Crippen molar-refractivity contribution in [1.29, 1.82) is 0 Å².